The largest absolute Gasteiger partial charge is 0.352 e. The van der Waals surface area contributed by atoms with Gasteiger partial charge in [-0.2, -0.15) is 0 Å². The van der Waals surface area contributed by atoms with E-state index in [1.807, 2.05) is 14.1 Å². The Morgan fingerprint density at radius 2 is 1.52 bits per heavy atom. The lowest BCUT2D eigenvalue weighted by atomic mass is 10.1. The van der Waals surface area contributed by atoms with Crippen LogP contribution in [0.15, 0.2) is 24.3 Å². The maximum Gasteiger partial charge on any atom is 0.251 e. The Morgan fingerprint density at radius 1 is 0.957 bits per heavy atom. The van der Waals surface area contributed by atoms with Crippen molar-refractivity contribution in [1.29, 1.82) is 0 Å². The van der Waals surface area contributed by atoms with Gasteiger partial charge < -0.3 is 15.5 Å². The van der Waals surface area contributed by atoms with E-state index in [9.17, 15) is 9.59 Å². The third-order valence-corrected chi connectivity index (χ3v) is 3.52. The second-order valence-electron chi connectivity index (χ2n) is 5.96. The zero-order valence-electron chi connectivity index (χ0n) is 14.5. The Morgan fingerprint density at radius 3 is 2.04 bits per heavy atom. The second kappa shape index (κ2) is 10.8. The number of nitrogens with one attached hydrogen (secondary N) is 2. The monoisotopic (exact) mass is 319 g/mol. The average molecular weight is 319 g/mol. The minimum absolute atomic E-state index is 0.122. The summed E-state index contributed by atoms with van der Waals surface area (Å²) >= 11 is 0. The normalized spacial score (nSPS) is 10.6. The van der Waals surface area contributed by atoms with Crippen molar-refractivity contribution in [1.82, 2.24) is 15.5 Å². The Kier molecular flexibility index (Phi) is 8.98. The number of unbranched alkanes of at least 4 members (excludes halogenated alkanes) is 2. The van der Waals surface area contributed by atoms with Gasteiger partial charge in [-0.15, -0.1) is 0 Å². The molecule has 0 unspecified atom stereocenters. The molecule has 0 radical (unpaired) electrons. The van der Waals surface area contributed by atoms with E-state index >= 15 is 0 Å². The number of nitrogens with zero attached hydrogens (tertiary/aromatic N) is 1. The minimum Gasteiger partial charge on any atom is -0.352 e. The van der Waals surface area contributed by atoms with Crippen molar-refractivity contribution in [2.75, 3.05) is 33.7 Å². The molecule has 0 bridgehead atoms. The highest BCUT2D eigenvalue weighted by molar-refractivity contribution is 5.99. The van der Waals surface area contributed by atoms with Crippen molar-refractivity contribution in [3.63, 3.8) is 0 Å². The molecule has 0 heterocycles. The van der Waals surface area contributed by atoms with Crippen LogP contribution in [0.2, 0.25) is 0 Å². The summed E-state index contributed by atoms with van der Waals surface area (Å²) in [6.07, 6.45) is 4.11. The van der Waals surface area contributed by atoms with Crippen LogP contribution >= 0.6 is 0 Å². The molecule has 1 aromatic rings. The van der Waals surface area contributed by atoms with Gasteiger partial charge in [-0.05, 0) is 51.7 Å². The first kappa shape index (κ1) is 19.2. The van der Waals surface area contributed by atoms with Crippen LogP contribution < -0.4 is 10.6 Å². The number of benzene rings is 1. The van der Waals surface area contributed by atoms with Crippen LogP contribution in [0, 0.1) is 0 Å². The SMILES string of the molecule is CCCCCNC(=O)c1cccc(C(=O)NCCCN(C)C)c1. The van der Waals surface area contributed by atoms with E-state index in [1.54, 1.807) is 24.3 Å². The molecule has 0 spiro atoms. The molecular weight excluding hydrogens is 290 g/mol. The number of carbonyl (C=O) groups is 2. The predicted molar refractivity (Wildman–Crippen MR) is 93.8 cm³/mol. The topological polar surface area (TPSA) is 61.4 Å². The summed E-state index contributed by atoms with van der Waals surface area (Å²) in [4.78, 5) is 26.3. The van der Waals surface area contributed by atoms with Crippen LogP contribution in [0.5, 0.6) is 0 Å². The fraction of sp³-hybridized carbons (Fsp3) is 0.556. The molecule has 1 aromatic carbocycles. The molecule has 0 fully saturated rings. The van der Waals surface area contributed by atoms with Gasteiger partial charge in [-0.1, -0.05) is 25.8 Å². The molecule has 5 nitrogen and oxygen atoms in total. The summed E-state index contributed by atoms with van der Waals surface area (Å²) < 4.78 is 0. The van der Waals surface area contributed by atoms with E-state index < -0.39 is 0 Å². The summed E-state index contributed by atoms with van der Waals surface area (Å²) in [5.41, 5.74) is 1.05. The number of carbonyl (C=O) groups excluding carboxylic acids is 2. The van der Waals surface area contributed by atoms with Gasteiger partial charge in [0.05, 0.1) is 0 Å². The molecule has 0 aliphatic heterocycles. The van der Waals surface area contributed by atoms with Gasteiger partial charge in [0.15, 0.2) is 0 Å². The molecule has 0 aromatic heterocycles. The van der Waals surface area contributed by atoms with E-state index in [2.05, 4.69) is 22.5 Å². The first-order valence-corrected chi connectivity index (χ1v) is 8.35. The summed E-state index contributed by atoms with van der Waals surface area (Å²) in [5.74, 6) is -0.257. The van der Waals surface area contributed by atoms with Gasteiger partial charge in [-0.25, -0.2) is 0 Å². The number of hydrogen-bond donors (Lipinski definition) is 2. The fourth-order valence-corrected chi connectivity index (χ4v) is 2.18. The van der Waals surface area contributed by atoms with Crippen LogP contribution in [0.4, 0.5) is 0 Å². The lowest BCUT2D eigenvalue weighted by Crippen LogP contribution is -2.28. The Labute approximate surface area is 139 Å². The first-order chi connectivity index (χ1) is 11.0. The number of hydrogen-bond acceptors (Lipinski definition) is 3. The lowest BCUT2D eigenvalue weighted by Gasteiger charge is -2.10. The molecule has 0 aliphatic carbocycles. The van der Waals surface area contributed by atoms with Crippen molar-refractivity contribution in [2.24, 2.45) is 0 Å². The zero-order valence-corrected chi connectivity index (χ0v) is 14.5. The van der Waals surface area contributed by atoms with E-state index in [0.29, 0.717) is 24.2 Å². The van der Waals surface area contributed by atoms with E-state index in [-0.39, 0.29) is 11.8 Å². The summed E-state index contributed by atoms with van der Waals surface area (Å²) in [7, 11) is 4.01. The minimum atomic E-state index is -0.135. The van der Waals surface area contributed by atoms with E-state index in [4.69, 9.17) is 0 Å². The molecule has 5 heteroatoms. The molecule has 2 N–H and O–H groups in total. The molecule has 0 saturated carbocycles. The van der Waals surface area contributed by atoms with Crippen LogP contribution in [0.3, 0.4) is 0 Å². The zero-order chi connectivity index (χ0) is 17.1. The Hall–Kier alpha value is -1.88. The molecular formula is C18H29N3O2. The van der Waals surface area contributed by atoms with Crippen molar-refractivity contribution in [3.8, 4) is 0 Å². The summed E-state index contributed by atoms with van der Waals surface area (Å²) in [6.45, 7) is 4.36. The smallest absolute Gasteiger partial charge is 0.251 e. The summed E-state index contributed by atoms with van der Waals surface area (Å²) in [5, 5.41) is 5.77. The van der Waals surface area contributed by atoms with Gasteiger partial charge in [0, 0.05) is 24.2 Å². The summed E-state index contributed by atoms with van der Waals surface area (Å²) in [6, 6.07) is 6.86. The Bertz CT molecular complexity index is 501. The molecule has 1 rings (SSSR count). The van der Waals surface area contributed by atoms with Crippen molar-refractivity contribution >= 4 is 11.8 Å². The molecule has 128 valence electrons. The van der Waals surface area contributed by atoms with Crippen molar-refractivity contribution in [2.45, 2.75) is 32.6 Å². The molecule has 23 heavy (non-hydrogen) atoms. The molecule has 2 amide bonds. The van der Waals surface area contributed by atoms with Crippen molar-refractivity contribution < 1.29 is 9.59 Å². The lowest BCUT2D eigenvalue weighted by molar-refractivity contribution is 0.0952. The van der Waals surface area contributed by atoms with Crippen LogP contribution in [-0.2, 0) is 0 Å². The van der Waals surface area contributed by atoms with Gasteiger partial charge >= 0.3 is 0 Å². The number of rotatable bonds is 10. The molecule has 0 saturated heterocycles. The van der Waals surface area contributed by atoms with Gasteiger partial charge in [0.2, 0.25) is 0 Å². The van der Waals surface area contributed by atoms with Gasteiger partial charge in [-0.3, -0.25) is 9.59 Å². The fourth-order valence-electron chi connectivity index (χ4n) is 2.18. The maximum absolute atomic E-state index is 12.1. The Balaban J connectivity index is 2.48. The molecule has 0 aliphatic rings. The van der Waals surface area contributed by atoms with E-state index in [1.165, 1.54) is 0 Å². The standard InChI is InChI=1S/C18H29N3O2/c1-4-5-6-11-19-17(22)15-9-7-10-16(14-15)18(23)20-12-8-13-21(2)3/h7,9-10,14H,4-6,8,11-13H2,1-3H3,(H,19,22)(H,20,23). The van der Waals surface area contributed by atoms with Crippen LogP contribution in [-0.4, -0.2) is 50.4 Å². The second-order valence-corrected chi connectivity index (χ2v) is 5.96. The van der Waals surface area contributed by atoms with Gasteiger partial charge in [0.25, 0.3) is 11.8 Å². The third-order valence-electron chi connectivity index (χ3n) is 3.52. The van der Waals surface area contributed by atoms with E-state index in [0.717, 1.165) is 32.2 Å². The third kappa shape index (κ3) is 7.79. The highest BCUT2D eigenvalue weighted by atomic mass is 16.2. The predicted octanol–water partition coefficient (Wildman–Crippen LogP) is 2.29. The van der Waals surface area contributed by atoms with Gasteiger partial charge in [0.1, 0.15) is 0 Å². The highest BCUT2D eigenvalue weighted by Crippen LogP contribution is 2.06. The van der Waals surface area contributed by atoms with Crippen LogP contribution in [0.25, 0.3) is 0 Å². The quantitative estimate of drug-likeness (QED) is 0.651. The molecule has 0 atom stereocenters. The van der Waals surface area contributed by atoms with Crippen molar-refractivity contribution in [3.05, 3.63) is 35.4 Å². The first-order valence-electron chi connectivity index (χ1n) is 8.35. The average Bonchev–Trinajstić information content (AvgIpc) is 2.55. The maximum atomic E-state index is 12.1. The highest BCUT2D eigenvalue weighted by Gasteiger charge is 2.09. The number of amides is 2. The van der Waals surface area contributed by atoms with Crippen LogP contribution in [0.1, 0.15) is 53.3 Å².